The lowest BCUT2D eigenvalue weighted by Gasteiger charge is -2.33. The highest BCUT2D eigenvalue weighted by atomic mass is 16.5. The van der Waals surface area contributed by atoms with Gasteiger partial charge in [0.15, 0.2) is 0 Å². The molecule has 4 amide bonds. The molecule has 0 saturated carbocycles. The van der Waals surface area contributed by atoms with Crippen LogP contribution in [-0.2, 0) is 36.6 Å². The molecule has 280 valence electrons. The number of benzene rings is 2. The first-order valence-corrected chi connectivity index (χ1v) is 17.5. The second-order valence-electron chi connectivity index (χ2n) is 14.1. The Bertz CT molecular complexity index is 1590. The summed E-state index contributed by atoms with van der Waals surface area (Å²) in [6.07, 6.45) is 0.291. The van der Waals surface area contributed by atoms with Gasteiger partial charge in [-0.3, -0.25) is 14.6 Å². The van der Waals surface area contributed by atoms with Gasteiger partial charge < -0.3 is 40.6 Å². The topological polar surface area (TPSA) is 177 Å². The van der Waals surface area contributed by atoms with E-state index >= 15 is 0 Å². The van der Waals surface area contributed by atoms with Crippen LogP contribution in [0.25, 0.3) is 11.3 Å². The van der Waals surface area contributed by atoms with Crippen molar-refractivity contribution in [2.24, 2.45) is 11.3 Å². The highest BCUT2D eigenvalue weighted by Crippen LogP contribution is 2.23. The van der Waals surface area contributed by atoms with Crippen LogP contribution in [0.15, 0.2) is 79.0 Å². The van der Waals surface area contributed by atoms with Crippen LogP contribution in [0.5, 0.6) is 0 Å². The summed E-state index contributed by atoms with van der Waals surface area (Å²) < 4.78 is 15.1. The molecule has 13 nitrogen and oxygen atoms in total. The van der Waals surface area contributed by atoms with Crippen molar-refractivity contribution in [2.45, 2.75) is 76.7 Å². The molecule has 2 aromatic carbocycles. The van der Waals surface area contributed by atoms with Gasteiger partial charge >= 0.3 is 12.2 Å². The fraction of sp³-hybridized carbons (Fsp3) is 0.462. The zero-order chi connectivity index (χ0) is 37.7. The molecule has 2 heterocycles. The maximum atomic E-state index is 13.9. The van der Waals surface area contributed by atoms with Gasteiger partial charge in [0.05, 0.1) is 38.7 Å². The number of ether oxygens (including phenoxy) is 3. The first kappa shape index (κ1) is 39.8. The lowest BCUT2D eigenvalue weighted by atomic mass is 9.85. The quantitative estimate of drug-likeness (QED) is 0.157. The van der Waals surface area contributed by atoms with E-state index in [1.807, 2.05) is 93.6 Å². The van der Waals surface area contributed by atoms with Crippen molar-refractivity contribution in [1.82, 2.24) is 26.3 Å². The van der Waals surface area contributed by atoms with Gasteiger partial charge in [-0.25, -0.2) is 9.59 Å². The fourth-order valence-electron chi connectivity index (χ4n) is 6.24. The van der Waals surface area contributed by atoms with Crippen molar-refractivity contribution in [3.8, 4) is 11.3 Å². The number of hydrogen-bond donors (Lipinski definition) is 5. The summed E-state index contributed by atoms with van der Waals surface area (Å²) in [6.45, 7) is 6.22. The molecule has 1 aliphatic heterocycles. The number of methoxy groups -OCH3 is 2. The van der Waals surface area contributed by atoms with Crippen molar-refractivity contribution in [3.05, 3.63) is 90.1 Å². The second-order valence-corrected chi connectivity index (χ2v) is 14.1. The monoisotopic (exact) mass is 717 g/mol. The number of nitrogens with zero attached hydrogens (tertiary/aromatic N) is 1. The lowest BCUT2D eigenvalue weighted by molar-refractivity contribution is -0.127. The average Bonchev–Trinajstić information content (AvgIpc) is 3.67. The molecule has 4 rings (SSSR count). The summed E-state index contributed by atoms with van der Waals surface area (Å²) in [6, 6.07) is 19.5. The maximum absolute atomic E-state index is 13.9. The molecule has 5 N–H and O–H groups in total. The van der Waals surface area contributed by atoms with Crippen molar-refractivity contribution >= 4 is 24.0 Å². The van der Waals surface area contributed by atoms with Crippen LogP contribution in [-0.4, -0.2) is 91.8 Å². The highest BCUT2D eigenvalue weighted by molar-refractivity contribution is 5.87. The summed E-state index contributed by atoms with van der Waals surface area (Å²) in [5.41, 5.74) is 2.82. The Kier molecular flexibility index (Phi) is 14.5. The van der Waals surface area contributed by atoms with Crippen LogP contribution in [0.4, 0.5) is 9.59 Å². The normalized spacial score (nSPS) is 17.1. The van der Waals surface area contributed by atoms with Crippen LogP contribution in [0, 0.1) is 11.3 Å². The Labute approximate surface area is 305 Å². The Morgan fingerprint density at radius 2 is 1.48 bits per heavy atom. The average molecular weight is 718 g/mol. The molecule has 1 aliphatic rings. The number of amides is 4. The summed E-state index contributed by atoms with van der Waals surface area (Å²) in [5, 5.41) is 23.3. The molecule has 0 radical (unpaired) electrons. The van der Waals surface area contributed by atoms with Crippen molar-refractivity contribution in [2.75, 3.05) is 27.4 Å². The molecular formula is C39H51N5O8. The predicted octanol–water partition coefficient (Wildman–Crippen LogP) is 3.79. The number of aliphatic hydroxyl groups is 1. The SMILES string of the molecule is COC(=O)N[C@H](C(=O)N[C@@H](Cc1ccc(-c2ccccn2)cc1)C[C@H](O)[C@H](Cc1ccccc1)NC(=O)[C@H](NC(=O)OC)[C@H]1CCOC1)C(C)(C)C. The first-order valence-electron chi connectivity index (χ1n) is 17.5. The number of alkyl carbamates (subject to hydrolysis) is 2. The third-order valence-electron chi connectivity index (χ3n) is 9.11. The molecule has 52 heavy (non-hydrogen) atoms. The van der Waals surface area contributed by atoms with Gasteiger partial charge in [0.2, 0.25) is 11.8 Å². The summed E-state index contributed by atoms with van der Waals surface area (Å²) >= 11 is 0. The van der Waals surface area contributed by atoms with E-state index in [2.05, 4.69) is 26.3 Å². The standard InChI is InChI=1S/C39H51N5O8/c1-39(2,3)34(44-38(49)51-5)36(47)41-29(21-26-14-16-27(17-15-26)30-13-9-10-19-40-30)23-32(45)31(22-25-11-7-6-8-12-25)42-35(46)33(43-37(48)50-4)28-18-20-52-24-28/h6-17,19,28-29,31-34,45H,18,20-24H2,1-5H3,(H,41,47)(H,42,46)(H,43,48)(H,44,49)/t28-,29-,31-,32-,33+,34+/m0/s1. The highest BCUT2D eigenvalue weighted by Gasteiger charge is 2.37. The third kappa shape index (κ3) is 11.8. The van der Waals surface area contributed by atoms with Crippen LogP contribution >= 0.6 is 0 Å². The molecule has 0 unspecified atom stereocenters. The number of aliphatic hydroxyl groups excluding tert-OH is 1. The number of hydrogen-bond acceptors (Lipinski definition) is 9. The van der Waals surface area contributed by atoms with E-state index in [1.54, 1.807) is 6.20 Å². The van der Waals surface area contributed by atoms with E-state index in [0.717, 1.165) is 22.4 Å². The largest absolute Gasteiger partial charge is 0.453 e. The number of nitrogens with one attached hydrogen (secondary N) is 4. The van der Waals surface area contributed by atoms with Crippen LogP contribution < -0.4 is 21.3 Å². The molecule has 0 aliphatic carbocycles. The zero-order valence-corrected chi connectivity index (χ0v) is 30.5. The van der Waals surface area contributed by atoms with Gasteiger partial charge in [0, 0.05) is 30.3 Å². The van der Waals surface area contributed by atoms with Gasteiger partial charge in [-0.1, -0.05) is 81.4 Å². The molecule has 1 aromatic heterocycles. The van der Waals surface area contributed by atoms with Crippen molar-refractivity contribution < 1.29 is 38.5 Å². The molecule has 1 fully saturated rings. The van der Waals surface area contributed by atoms with Crippen LogP contribution in [0.1, 0.15) is 44.7 Å². The zero-order valence-electron chi connectivity index (χ0n) is 30.5. The van der Waals surface area contributed by atoms with E-state index in [0.29, 0.717) is 19.4 Å². The van der Waals surface area contributed by atoms with E-state index in [1.165, 1.54) is 14.2 Å². The van der Waals surface area contributed by atoms with Gasteiger partial charge in [0.25, 0.3) is 0 Å². The predicted molar refractivity (Wildman–Crippen MR) is 195 cm³/mol. The number of aromatic nitrogens is 1. The second kappa shape index (κ2) is 19.0. The molecule has 1 saturated heterocycles. The number of carbonyl (C=O) groups is 4. The molecule has 6 atom stereocenters. The maximum Gasteiger partial charge on any atom is 0.407 e. The van der Waals surface area contributed by atoms with Gasteiger partial charge in [-0.15, -0.1) is 0 Å². The minimum atomic E-state index is -1.15. The first-order chi connectivity index (χ1) is 24.9. The summed E-state index contributed by atoms with van der Waals surface area (Å²) in [4.78, 5) is 56.6. The van der Waals surface area contributed by atoms with Gasteiger partial charge in [0.1, 0.15) is 12.1 Å². The minimum Gasteiger partial charge on any atom is -0.453 e. The summed E-state index contributed by atoms with van der Waals surface area (Å²) in [5.74, 6) is -1.22. The van der Waals surface area contributed by atoms with Gasteiger partial charge in [-0.2, -0.15) is 0 Å². The van der Waals surface area contributed by atoms with E-state index < -0.39 is 59.7 Å². The van der Waals surface area contributed by atoms with Crippen LogP contribution in [0.3, 0.4) is 0 Å². The smallest absolute Gasteiger partial charge is 0.407 e. The molecule has 13 heteroatoms. The molecular weight excluding hydrogens is 666 g/mol. The van der Waals surface area contributed by atoms with E-state index in [4.69, 9.17) is 14.2 Å². The summed E-state index contributed by atoms with van der Waals surface area (Å²) in [7, 11) is 2.45. The Morgan fingerprint density at radius 1 is 0.827 bits per heavy atom. The minimum absolute atomic E-state index is 0.0439. The number of carbonyl (C=O) groups excluding carboxylic acids is 4. The van der Waals surface area contributed by atoms with Crippen molar-refractivity contribution in [3.63, 3.8) is 0 Å². The third-order valence-corrected chi connectivity index (χ3v) is 9.11. The van der Waals surface area contributed by atoms with Gasteiger partial charge in [-0.05, 0) is 54.4 Å². The molecule has 3 aromatic rings. The Balaban J connectivity index is 1.62. The fourth-order valence-corrected chi connectivity index (χ4v) is 6.24. The van der Waals surface area contributed by atoms with Crippen molar-refractivity contribution in [1.29, 1.82) is 0 Å². The van der Waals surface area contributed by atoms with E-state index in [-0.39, 0.29) is 25.4 Å². The van der Waals surface area contributed by atoms with Crippen LogP contribution in [0.2, 0.25) is 0 Å². The van der Waals surface area contributed by atoms with E-state index in [9.17, 15) is 24.3 Å². The lowest BCUT2D eigenvalue weighted by Crippen LogP contribution is -2.58. The molecule has 0 bridgehead atoms. The number of rotatable bonds is 15. The molecule has 0 spiro atoms. The Hall–Kier alpha value is -5.01. The Morgan fingerprint density at radius 3 is 2.08 bits per heavy atom. The number of pyridine rings is 1.